The van der Waals surface area contributed by atoms with Crippen molar-refractivity contribution in [2.24, 2.45) is 5.92 Å². The molecule has 0 radical (unpaired) electrons. The van der Waals surface area contributed by atoms with Crippen LogP contribution < -0.4 is 10.6 Å². The normalized spacial score (nSPS) is 16.0. The summed E-state index contributed by atoms with van der Waals surface area (Å²) in [5, 5.41) is 5.77. The third kappa shape index (κ3) is 6.16. The van der Waals surface area contributed by atoms with Crippen molar-refractivity contribution in [3.63, 3.8) is 0 Å². The first-order valence-corrected chi connectivity index (χ1v) is 9.34. The van der Waals surface area contributed by atoms with Gasteiger partial charge in [-0.25, -0.2) is 0 Å². The molecule has 0 aromatic heterocycles. The fraction of sp³-hybridized carbons (Fsp3) is 0.600. The third-order valence-electron chi connectivity index (χ3n) is 4.93. The number of nitrogens with zero attached hydrogens (tertiary/aromatic N) is 1. The quantitative estimate of drug-likeness (QED) is 0.761. The van der Waals surface area contributed by atoms with E-state index in [4.69, 9.17) is 0 Å². The highest BCUT2D eigenvalue weighted by Gasteiger charge is 2.25. The van der Waals surface area contributed by atoms with Crippen LogP contribution in [0.2, 0.25) is 0 Å². The third-order valence-corrected chi connectivity index (χ3v) is 4.93. The summed E-state index contributed by atoms with van der Waals surface area (Å²) in [5.41, 5.74) is 2.31. The Morgan fingerprint density at radius 1 is 1.24 bits per heavy atom. The second-order valence-corrected chi connectivity index (χ2v) is 7.08. The molecule has 1 fully saturated rings. The highest BCUT2D eigenvalue weighted by molar-refractivity contribution is 5.88. The Balaban J connectivity index is 1.80. The largest absolute Gasteiger partial charge is 0.350 e. The van der Waals surface area contributed by atoms with E-state index in [2.05, 4.69) is 41.6 Å². The molecule has 2 N–H and O–H groups in total. The molecule has 1 aliphatic rings. The number of benzene rings is 1. The van der Waals surface area contributed by atoms with Crippen LogP contribution in [0.4, 0.5) is 0 Å². The van der Waals surface area contributed by atoms with Crippen molar-refractivity contribution in [1.29, 1.82) is 0 Å². The fourth-order valence-corrected chi connectivity index (χ4v) is 3.19. The lowest BCUT2D eigenvalue weighted by Crippen LogP contribution is -2.46. The van der Waals surface area contributed by atoms with Crippen molar-refractivity contribution in [2.45, 2.75) is 58.7 Å². The Morgan fingerprint density at radius 3 is 2.60 bits per heavy atom. The van der Waals surface area contributed by atoms with Crippen molar-refractivity contribution in [2.75, 3.05) is 13.6 Å². The molecule has 0 aliphatic heterocycles. The van der Waals surface area contributed by atoms with Gasteiger partial charge in [-0.1, -0.05) is 44.0 Å². The number of amides is 2. The van der Waals surface area contributed by atoms with E-state index in [1.165, 1.54) is 5.56 Å². The van der Waals surface area contributed by atoms with Crippen LogP contribution in [0.1, 0.15) is 50.7 Å². The van der Waals surface area contributed by atoms with Gasteiger partial charge >= 0.3 is 0 Å². The number of hydrogen-bond donors (Lipinski definition) is 2. The topological polar surface area (TPSA) is 61.4 Å². The molecule has 0 unspecified atom stereocenters. The maximum Gasteiger partial charge on any atom is 0.242 e. The average Bonchev–Trinajstić information content (AvgIpc) is 3.14. The van der Waals surface area contributed by atoms with Crippen LogP contribution in [0.3, 0.4) is 0 Å². The van der Waals surface area contributed by atoms with Gasteiger partial charge in [0.25, 0.3) is 0 Å². The summed E-state index contributed by atoms with van der Waals surface area (Å²) in [6.45, 7) is 6.25. The van der Waals surface area contributed by atoms with E-state index in [1.807, 2.05) is 12.1 Å². The summed E-state index contributed by atoms with van der Waals surface area (Å²) in [7, 11) is 2.09. The molecule has 5 nitrogen and oxygen atoms in total. The first-order valence-electron chi connectivity index (χ1n) is 9.34. The number of nitrogens with one attached hydrogen (secondary N) is 2. The Bertz CT molecular complexity index is 582. The van der Waals surface area contributed by atoms with Gasteiger partial charge in [-0.05, 0) is 44.5 Å². The molecule has 0 heterocycles. The molecule has 5 heteroatoms. The van der Waals surface area contributed by atoms with Crippen molar-refractivity contribution < 1.29 is 9.59 Å². The van der Waals surface area contributed by atoms with Gasteiger partial charge in [-0.15, -0.1) is 0 Å². The van der Waals surface area contributed by atoms with Gasteiger partial charge in [0.15, 0.2) is 0 Å². The number of carbonyl (C=O) groups excluding carboxylic acids is 2. The summed E-state index contributed by atoms with van der Waals surface area (Å²) in [6.07, 6.45) is 4.11. The van der Waals surface area contributed by atoms with Crippen LogP contribution in [0.15, 0.2) is 24.3 Å². The van der Waals surface area contributed by atoms with Crippen LogP contribution in [-0.4, -0.2) is 36.3 Å². The minimum Gasteiger partial charge on any atom is -0.350 e. The fourth-order valence-electron chi connectivity index (χ4n) is 3.19. The second kappa shape index (κ2) is 9.56. The van der Waals surface area contributed by atoms with Gasteiger partial charge < -0.3 is 15.5 Å². The van der Waals surface area contributed by atoms with E-state index in [-0.39, 0.29) is 17.7 Å². The van der Waals surface area contributed by atoms with Gasteiger partial charge in [0.1, 0.15) is 6.04 Å². The lowest BCUT2D eigenvalue weighted by Gasteiger charge is -2.17. The number of hydrogen-bond acceptors (Lipinski definition) is 3. The molecule has 2 amide bonds. The van der Waals surface area contributed by atoms with Crippen molar-refractivity contribution >= 4 is 11.8 Å². The van der Waals surface area contributed by atoms with E-state index in [1.54, 1.807) is 6.92 Å². The van der Waals surface area contributed by atoms with E-state index >= 15 is 0 Å². The van der Waals surface area contributed by atoms with E-state index in [0.717, 1.165) is 44.3 Å². The van der Waals surface area contributed by atoms with Gasteiger partial charge in [-0.3, -0.25) is 9.59 Å². The van der Waals surface area contributed by atoms with Gasteiger partial charge in [0.05, 0.1) is 0 Å². The zero-order chi connectivity index (χ0) is 18.2. The van der Waals surface area contributed by atoms with Gasteiger partial charge in [0.2, 0.25) is 11.8 Å². The first-order chi connectivity index (χ1) is 12.0. The molecule has 0 spiro atoms. The number of rotatable bonds is 8. The lowest BCUT2D eigenvalue weighted by molar-refractivity contribution is -0.130. The Labute approximate surface area is 151 Å². The minimum atomic E-state index is -0.498. The molecule has 1 aromatic carbocycles. The molecular weight excluding hydrogens is 314 g/mol. The molecular formula is C20H31N3O2. The van der Waals surface area contributed by atoms with Crippen LogP contribution in [0.5, 0.6) is 0 Å². The molecule has 1 atom stereocenters. The summed E-state index contributed by atoms with van der Waals surface area (Å²) < 4.78 is 0. The summed E-state index contributed by atoms with van der Waals surface area (Å²) in [4.78, 5) is 26.6. The van der Waals surface area contributed by atoms with Crippen molar-refractivity contribution in [1.82, 2.24) is 15.5 Å². The molecule has 2 rings (SSSR count). The smallest absolute Gasteiger partial charge is 0.242 e. The standard InChI is InChI=1S/C20H31N3O2/c1-4-23(3)14-17-9-7-8-16(12-17)13-21-19(24)15(2)22-20(25)18-10-5-6-11-18/h7-9,12,15,18H,4-6,10-11,13-14H2,1-3H3,(H,21,24)(H,22,25)/t15-/m0/s1. The Hall–Kier alpha value is -1.88. The SMILES string of the molecule is CCN(C)Cc1cccc(CNC(=O)[C@H](C)NC(=O)C2CCCC2)c1. The predicted octanol–water partition coefficient (Wildman–Crippen LogP) is 2.45. The number of carbonyl (C=O) groups is 2. The average molecular weight is 345 g/mol. The predicted molar refractivity (Wildman–Crippen MR) is 99.9 cm³/mol. The van der Waals surface area contributed by atoms with E-state index in [9.17, 15) is 9.59 Å². The summed E-state index contributed by atoms with van der Waals surface area (Å²) >= 11 is 0. The highest BCUT2D eigenvalue weighted by Crippen LogP contribution is 2.24. The molecule has 1 aliphatic carbocycles. The maximum atomic E-state index is 12.2. The van der Waals surface area contributed by atoms with Gasteiger partial charge in [-0.2, -0.15) is 0 Å². The van der Waals surface area contributed by atoms with Crippen LogP contribution in [0.25, 0.3) is 0 Å². The van der Waals surface area contributed by atoms with Crippen molar-refractivity contribution in [3.8, 4) is 0 Å². The highest BCUT2D eigenvalue weighted by atomic mass is 16.2. The first kappa shape index (κ1) is 19.4. The zero-order valence-corrected chi connectivity index (χ0v) is 15.7. The summed E-state index contributed by atoms with van der Waals surface area (Å²) in [5.74, 6) is -0.0327. The Morgan fingerprint density at radius 2 is 1.92 bits per heavy atom. The van der Waals surface area contributed by atoms with E-state index < -0.39 is 6.04 Å². The molecule has 1 aromatic rings. The zero-order valence-electron chi connectivity index (χ0n) is 15.7. The van der Waals surface area contributed by atoms with Crippen LogP contribution >= 0.6 is 0 Å². The molecule has 0 saturated heterocycles. The van der Waals surface area contributed by atoms with Crippen LogP contribution in [-0.2, 0) is 22.7 Å². The second-order valence-electron chi connectivity index (χ2n) is 7.08. The minimum absolute atomic E-state index is 0.0183. The lowest BCUT2D eigenvalue weighted by atomic mass is 10.1. The molecule has 25 heavy (non-hydrogen) atoms. The van der Waals surface area contributed by atoms with E-state index in [0.29, 0.717) is 6.54 Å². The maximum absolute atomic E-state index is 12.2. The summed E-state index contributed by atoms with van der Waals surface area (Å²) in [6, 6.07) is 7.75. The van der Waals surface area contributed by atoms with Gasteiger partial charge in [0, 0.05) is 19.0 Å². The molecule has 1 saturated carbocycles. The van der Waals surface area contributed by atoms with Crippen molar-refractivity contribution in [3.05, 3.63) is 35.4 Å². The monoisotopic (exact) mass is 345 g/mol. The molecule has 0 bridgehead atoms. The molecule has 138 valence electrons. The Kier molecular flexibility index (Phi) is 7.44. The van der Waals surface area contributed by atoms with Crippen LogP contribution in [0, 0.1) is 5.92 Å².